The van der Waals surface area contributed by atoms with E-state index in [1.807, 2.05) is 11.8 Å². The molecule has 254 valence electrons. The molecule has 0 amide bonds. The van der Waals surface area contributed by atoms with Crippen molar-refractivity contribution in [3.05, 3.63) is 180 Å². The normalized spacial score (nSPS) is 15.4. The predicted octanol–water partition coefficient (Wildman–Crippen LogP) is 13.8. The quantitative estimate of drug-likeness (QED) is 0.181. The van der Waals surface area contributed by atoms with Crippen LogP contribution in [-0.2, 0) is 10.8 Å². The monoisotopic (exact) mass is 698 g/mol. The second-order valence-electron chi connectivity index (χ2n) is 15.8. The Kier molecular flexibility index (Phi) is 6.33. The Morgan fingerprint density at radius 1 is 0.453 bits per heavy atom. The summed E-state index contributed by atoms with van der Waals surface area (Å²) >= 11 is 1.88. The average molecular weight is 699 g/mol. The summed E-state index contributed by atoms with van der Waals surface area (Å²) in [6, 6.07) is 58.8. The molecule has 0 atom stereocenters. The molecular weight excluding hydrogens is 661 g/mol. The van der Waals surface area contributed by atoms with Crippen LogP contribution in [0.5, 0.6) is 0 Å². The molecule has 3 aliphatic rings. The lowest BCUT2D eigenvalue weighted by Crippen LogP contribution is -2.18. The van der Waals surface area contributed by atoms with Crippen LogP contribution in [0.4, 0.5) is 17.1 Å². The van der Waals surface area contributed by atoms with Crippen molar-refractivity contribution in [1.29, 1.82) is 0 Å². The number of aromatic nitrogens is 1. The lowest BCUT2D eigenvalue weighted by molar-refractivity contribution is 0.660. The first kappa shape index (κ1) is 30.8. The van der Waals surface area contributed by atoms with Gasteiger partial charge in [-0.25, -0.2) is 0 Å². The number of rotatable bonds is 3. The zero-order valence-electron chi connectivity index (χ0n) is 30.3. The topological polar surface area (TPSA) is 8.17 Å². The van der Waals surface area contributed by atoms with E-state index in [1.165, 1.54) is 99.2 Å². The maximum atomic E-state index is 2.48. The molecule has 2 aliphatic carbocycles. The van der Waals surface area contributed by atoms with Gasteiger partial charge in [0, 0.05) is 42.9 Å². The lowest BCUT2D eigenvalue weighted by atomic mass is 9.81. The fourth-order valence-electron chi connectivity index (χ4n) is 9.62. The Bertz CT molecular complexity index is 2820. The molecule has 2 nitrogen and oxygen atoms in total. The minimum atomic E-state index is -0.120. The largest absolute Gasteiger partial charge is 0.309 e. The minimum Gasteiger partial charge on any atom is -0.309 e. The maximum Gasteiger partial charge on any atom is 0.0602 e. The highest BCUT2D eigenvalue weighted by Crippen LogP contribution is 2.56. The molecule has 0 unspecified atom stereocenters. The number of hydrogen-bond donors (Lipinski definition) is 0. The van der Waals surface area contributed by atoms with Gasteiger partial charge in [0.05, 0.1) is 22.6 Å². The van der Waals surface area contributed by atoms with Gasteiger partial charge in [-0.05, 0) is 105 Å². The summed E-state index contributed by atoms with van der Waals surface area (Å²) < 4.78 is 2.48. The highest BCUT2D eigenvalue weighted by Gasteiger charge is 2.41. The molecule has 1 aromatic heterocycles. The van der Waals surface area contributed by atoms with Crippen molar-refractivity contribution in [2.45, 2.75) is 48.3 Å². The minimum absolute atomic E-state index is 0.0626. The van der Waals surface area contributed by atoms with Crippen molar-refractivity contribution in [3.63, 3.8) is 0 Å². The zero-order chi connectivity index (χ0) is 35.6. The summed E-state index contributed by atoms with van der Waals surface area (Å²) in [7, 11) is 0. The van der Waals surface area contributed by atoms with E-state index in [4.69, 9.17) is 0 Å². The molecule has 1 aliphatic heterocycles. The van der Waals surface area contributed by atoms with Crippen molar-refractivity contribution in [3.8, 4) is 39.2 Å². The third-order valence-corrected chi connectivity index (χ3v) is 13.3. The summed E-state index contributed by atoms with van der Waals surface area (Å²) in [5.74, 6) is 0. The van der Waals surface area contributed by atoms with Crippen molar-refractivity contribution >= 4 is 39.7 Å². The number of fused-ring (bicyclic) bond motifs is 10. The average Bonchev–Trinajstić information content (AvgIpc) is 3.74. The Morgan fingerprint density at radius 3 is 1.92 bits per heavy atom. The van der Waals surface area contributed by atoms with Crippen LogP contribution in [-0.4, -0.2) is 4.57 Å². The van der Waals surface area contributed by atoms with Gasteiger partial charge in [0.25, 0.3) is 0 Å². The lowest BCUT2D eigenvalue weighted by Gasteiger charge is -2.34. The van der Waals surface area contributed by atoms with Crippen molar-refractivity contribution in [2.75, 3.05) is 4.90 Å². The van der Waals surface area contributed by atoms with E-state index < -0.39 is 0 Å². The second kappa shape index (κ2) is 10.9. The molecule has 0 saturated carbocycles. The Morgan fingerprint density at radius 2 is 1.09 bits per heavy atom. The van der Waals surface area contributed by atoms with Crippen molar-refractivity contribution < 1.29 is 0 Å². The highest BCUT2D eigenvalue weighted by molar-refractivity contribution is 7.99. The predicted molar refractivity (Wildman–Crippen MR) is 223 cm³/mol. The molecule has 0 bridgehead atoms. The van der Waals surface area contributed by atoms with Crippen LogP contribution in [0.1, 0.15) is 49.9 Å². The first-order valence-electron chi connectivity index (χ1n) is 18.6. The Hall–Kier alpha value is -5.77. The van der Waals surface area contributed by atoms with Crippen molar-refractivity contribution in [2.24, 2.45) is 0 Å². The van der Waals surface area contributed by atoms with Crippen LogP contribution in [0.15, 0.2) is 168 Å². The van der Waals surface area contributed by atoms with E-state index in [1.54, 1.807) is 0 Å². The molecule has 11 rings (SSSR count). The van der Waals surface area contributed by atoms with Crippen LogP contribution in [0, 0.1) is 0 Å². The van der Waals surface area contributed by atoms with E-state index in [2.05, 4.69) is 195 Å². The van der Waals surface area contributed by atoms with Gasteiger partial charge < -0.3 is 9.47 Å². The van der Waals surface area contributed by atoms with Crippen LogP contribution in [0.3, 0.4) is 0 Å². The Labute approximate surface area is 315 Å². The maximum absolute atomic E-state index is 2.48. The molecule has 0 saturated heterocycles. The summed E-state index contributed by atoms with van der Waals surface area (Å²) in [4.78, 5) is 5.01. The standard InChI is InChI=1S/C50H38N2S/c1-49(2)39-18-10-8-16-35(39)36-25-24-34(30-41(36)49)51-43-20-12-13-21-45(43)53-46-29-32(23-27-44(46)51)31-22-26-42-38(28-31)47-48(52(42)33-14-6-5-7-15-33)37-17-9-11-19-40(37)50(47,3)4/h5-30H,1-4H3. The third-order valence-electron chi connectivity index (χ3n) is 12.1. The summed E-state index contributed by atoms with van der Waals surface area (Å²) in [6.45, 7) is 9.50. The summed E-state index contributed by atoms with van der Waals surface area (Å²) in [5, 5.41) is 1.32. The van der Waals surface area contributed by atoms with E-state index in [-0.39, 0.29) is 10.8 Å². The number of anilines is 3. The van der Waals surface area contributed by atoms with Crippen LogP contribution in [0.2, 0.25) is 0 Å². The van der Waals surface area contributed by atoms with E-state index in [9.17, 15) is 0 Å². The molecule has 0 radical (unpaired) electrons. The SMILES string of the molecule is CC1(C)c2ccccc2-c2ccc(N3c4ccccc4Sc4cc(-c5ccc6c(c5)c5c(n6-c6ccccc6)-c6ccccc6C5(C)C)ccc43)cc21. The van der Waals surface area contributed by atoms with Gasteiger partial charge in [0.2, 0.25) is 0 Å². The zero-order valence-corrected chi connectivity index (χ0v) is 31.1. The van der Waals surface area contributed by atoms with Gasteiger partial charge in [-0.1, -0.05) is 137 Å². The second-order valence-corrected chi connectivity index (χ2v) is 16.9. The van der Waals surface area contributed by atoms with Gasteiger partial charge in [-0.2, -0.15) is 0 Å². The fraction of sp³-hybridized carbons (Fsp3) is 0.120. The smallest absolute Gasteiger partial charge is 0.0602 e. The van der Waals surface area contributed by atoms with Gasteiger partial charge in [-0.15, -0.1) is 0 Å². The highest BCUT2D eigenvalue weighted by atomic mass is 32.2. The summed E-state index contributed by atoms with van der Waals surface area (Å²) in [5.41, 5.74) is 19.3. The fourth-order valence-corrected chi connectivity index (χ4v) is 10.7. The molecule has 8 aromatic rings. The number of benzene rings is 7. The molecule has 0 fully saturated rings. The van der Waals surface area contributed by atoms with Gasteiger partial charge in [0.1, 0.15) is 0 Å². The number of para-hydroxylation sites is 2. The van der Waals surface area contributed by atoms with Crippen LogP contribution >= 0.6 is 11.8 Å². The van der Waals surface area contributed by atoms with E-state index >= 15 is 0 Å². The van der Waals surface area contributed by atoms with E-state index in [0.29, 0.717) is 0 Å². The van der Waals surface area contributed by atoms with Crippen LogP contribution in [0.25, 0.3) is 50.1 Å². The molecular formula is C50H38N2S. The molecule has 0 spiro atoms. The molecule has 3 heteroatoms. The molecule has 7 aromatic carbocycles. The van der Waals surface area contributed by atoms with Gasteiger partial charge >= 0.3 is 0 Å². The van der Waals surface area contributed by atoms with Crippen LogP contribution < -0.4 is 4.90 Å². The first-order chi connectivity index (χ1) is 25.8. The summed E-state index contributed by atoms with van der Waals surface area (Å²) in [6.07, 6.45) is 0. The third kappa shape index (κ3) is 4.23. The molecule has 53 heavy (non-hydrogen) atoms. The van der Waals surface area contributed by atoms with Crippen molar-refractivity contribution in [1.82, 2.24) is 4.57 Å². The van der Waals surface area contributed by atoms with E-state index in [0.717, 1.165) is 0 Å². The molecule has 2 heterocycles. The van der Waals surface area contributed by atoms with Gasteiger partial charge in [0.15, 0.2) is 0 Å². The molecule has 0 N–H and O–H groups in total. The van der Waals surface area contributed by atoms with Gasteiger partial charge in [-0.3, -0.25) is 0 Å². The number of hydrogen-bond acceptors (Lipinski definition) is 2. The number of nitrogens with zero attached hydrogens (tertiary/aromatic N) is 2. The first-order valence-corrected chi connectivity index (χ1v) is 19.4. The Balaban J connectivity index is 1.06.